The number of aryl methyl sites for hydroxylation is 1. The van der Waals surface area contributed by atoms with Gasteiger partial charge in [0, 0.05) is 13.2 Å². The van der Waals surface area contributed by atoms with Crippen LogP contribution in [0.5, 0.6) is 0 Å². The Morgan fingerprint density at radius 1 is 1.06 bits per heavy atom. The van der Waals surface area contributed by atoms with Crippen LogP contribution in [0.1, 0.15) is 17.4 Å². The van der Waals surface area contributed by atoms with E-state index in [4.69, 9.17) is 0 Å². The Morgan fingerprint density at radius 2 is 1.83 bits per heavy atom. The van der Waals surface area contributed by atoms with Crippen molar-refractivity contribution in [1.29, 1.82) is 0 Å². The zero-order valence-electron chi connectivity index (χ0n) is 10.1. The molecule has 1 N–H and O–H groups in total. The molecule has 3 nitrogen and oxygen atoms in total. The van der Waals surface area contributed by atoms with Crippen molar-refractivity contribution >= 4 is 10.8 Å². The molecule has 0 aliphatic rings. The van der Waals surface area contributed by atoms with Gasteiger partial charge in [-0.25, -0.2) is 0 Å². The van der Waals surface area contributed by atoms with Crippen molar-refractivity contribution in [3.63, 3.8) is 0 Å². The average Bonchev–Trinajstić information content (AvgIpc) is 2.83. The van der Waals surface area contributed by atoms with Gasteiger partial charge in [-0.1, -0.05) is 42.5 Å². The van der Waals surface area contributed by atoms with Gasteiger partial charge in [0.1, 0.15) is 6.10 Å². The number of benzene rings is 2. The van der Waals surface area contributed by atoms with Crippen LogP contribution in [-0.4, -0.2) is 14.9 Å². The molecule has 18 heavy (non-hydrogen) atoms. The van der Waals surface area contributed by atoms with Crippen LogP contribution in [0.2, 0.25) is 0 Å². The minimum absolute atomic E-state index is 0.649. The average molecular weight is 238 g/mol. The van der Waals surface area contributed by atoms with E-state index in [0.29, 0.717) is 0 Å². The molecule has 0 saturated carbocycles. The normalized spacial score (nSPS) is 12.8. The van der Waals surface area contributed by atoms with Crippen LogP contribution in [0.3, 0.4) is 0 Å². The topological polar surface area (TPSA) is 38.0 Å². The van der Waals surface area contributed by atoms with Gasteiger partial charge < -0.3 is 5.11 Å². The molecular formula is C15H14N2O. The van der Waals surface area contributed by atoms with Crippen LogP contribution in [0.25, 0.3) is 10.8 Å². The summed E-state index contributed by atoms with van der Waals surface area (Å²) in [6, 6.07) is 15.9. The van der Waals surface area contributed by atoms with Gasteiger partial charge in [-0.2, -0.15) is 5.10 Å². The smallest absolute Gasteiger partial charge is 0.121 e. The van der Waals surface area contributed by atoms with E-state index in [-0.39, 0.29) is 0 Å². The van der Waals surface area contributed by atoms with Gasteiger partial charge in [0.05, 0.1) is 5.69 Å². The summed E-state index contributed by atoms with van der Waals surface area (Å²) in [5, 5.41) is 16.8. The van der Waals surface area contributed by atoms with Crippen LogP contribution < -0.4 is 0 Å². The number of hydrogen-bond donors (Lipinski definition) is 1. The van der Waals surface area contributed by atoms with E-state index in [9.17, 15) is 5.11 Å². The third-order valence-corrected chi connectivity index (χ3v) is 3.26. The number of nitrogens with zero attached hydrogens (tertiary/aromatic N) is 2. The molecule has 90 valence electrons. The Morgan fingerprint density at radius 3 is 2.61 bits per heavy atom. The lowest BCUT2D eigenvalue weighted by molar-refractivity contribution is 0.211. The van der Waals surface area contributed by atoms with Crippen molar-refractivity contribution in [3.05, 3.63) is 66.0 Å². The highest BCUT2D eigenvalue weighted by Gasteiger charge is 2.15. The molecule has 0 radical (unpaired) electrons. The summed E-state index contributed by atoms with van der Waals surface area (Å²) in [6.45, 7) is 0. The van der Waals surface area contributed by atoms with Gasteiger partial charge in [-0.15, -0.1) is 0 Å². The van der Waals surface area contributed by atoms with E-state index in [1.165, 1.54) is 0 Å². The SMILES string of the molecule is Cn1nccc1C(O)c1cccc2ccccc12. The molecule has 0 aliphatic carbocycles. The van der Waals surface area contributed by atoms with Crippen molar-refractivity contribution in [2.45, 2.75) is 6.10 Å². The molecular weight excluding hydrogens is 224 g/mol. The largest absolute Gasteiger partial charge is 0.382 e. The highest BCUT2D eigenvalue weighted by Crippen LogP contribution is 2.28. The van der Waals surface area contributed by atoms with Gasteiger partial charge >= 0.3 is 0 Å². The van der Waals surface area contributed by atoms with E-state index in [2.05, 4.69) is 17.2 Å². The molecule has 0 amide bonds. The molecule has 3 heteroatoms. The van der Waals surface area contributed by atoms with Crippen molar-refractivity contribution in [3.8, 4) is 0 Å². The highest BCUT2D eigenvalue weighted by atomic mass is 16.3. The lowest BCUT2D eigenvalue weighted by Crippen LogP contribution is -2.07. The molecule has 0 aliphatic heterocycles. The van der Waals surface area contributed by atoms with Gasteiger partial charge in [-0.05, 0) is 22.4 Å². The van der Waals surface area contributed by atoms with Crippen LogP contribution in [0, 0.1) is 0 Å². The fraction of sp³-hybridized carbons (Fsp3) is 0.133. The van der Waals surface area contributed by atoms with Crippen molar-refractivity contribution in [2.24, 2.45) is 7.05 Å². The Hall–Kier alpha value is -2.13. The van der Waals surface area contributed by atoms with Crippen molar-refractivity contribution in [1.82, 2.24) is 9.78 Å². The summed E-state index contributed by atoms with van der Waals surface area (Å²) in [4.78, 5) is 0. The van der Waals surface area contributed by atoms with E-state index < -0.39 is 6.10 Å². The zero-order chi connectivity index (χ0) is 12.5. The maximum Gasteiger partial charge on any atom is 0.121 e. The van der Waals surface area contributed by atoms with Gasteiger partial charge in [-0.3, -0.25) is 4.68 Å². The summed E-state index contributed by atoms with van der Waals surface area (Å²) in [5.41, 5.74) is 1.71. The molecule has 0 saturated heterocycles. The molecule has 1 atom stereocenters. The third kappa shape index (κ3) is 1.69. The second kappa shape index (κ2) is 4.27. The lowest BCUT2D eigenvalue weighted by atomic mass is 9.99. The summed E-state index contributed by atoms with van der Waals surface area (Å²) >= 11 is 0. The summed E-state index contributed by atoms with van der Waals surface area (Å²) in [6.07, 6.45) is 1.05. The maximum absolute atomic E-state index is 10.5. The predicted octanol–water partition coefficient (Wildman–Crippen LogP) is 2.66. The van der Waals surface area contributed by atoms with Gasteiger partial charge in [0.15, 0.2) is 0 Å². The number of hydrogen-bond acceptors (Lipinski definition) is 2. The lowest BCUT2D eigenvalue weighted by Gasteiger charge is -2.14. The number of aliphatic hydroxyl groups is 1. The first-order chi connectivity index (χ1) is 8.77. The molecule has 2 aromatic carbocycles. The van der Waals surface area contributed by atoms with Crippen molar-refractivity contribution < 1.29 is 5.11 Å². The molecule has 0 spiro atoms. The number of fused-ring (bicyclic) bond motifs is 1. The molecule has 1 heterocycles. The summed E-state index contributed by atoms with van der Waals surface area (Å²) < 4.78 is 1.70. The summed E-state index contributed by atoms with van der Waals surface area (Å²) in [5.74, 6) is 0. The third-order valence-electron chi connectivity index (χ3n) is 3.26. The van der Waals surface area contributed by atoms with Crippen LogP contribution in [0.4, 0.5) is 0 Å². The Kier molecular flexibility index (Phi) is 2.61. The Balaban J connectivity index is 2.18. The summed E-state index contributed by atoms with van der Waals surface area (Å²) in [7, 11) is 1.84. The van der Waals surface area contributed by atoms with Crippen LogP contribution in [0.15, 0.2) is 54.7 Å². The fourth-order valence-electron chi connectivity index (χ4n) is 2.30. The van der Waals surface area contributed by atoms with Crippen LogP contribution in [-0.2, 0) is 7.05 Å². The molecule has 1 unspecified atom stereocenters. The molecule has 3 rings (SSSR count). The Labute approximate surface area is 105 Å². The maximum atomic E-state index is 10.5. The van der Waals surface area contributed by atoms with Gasteiger partial charge in [0.2, 0.25) is 0 Å². The van der Waals surface area contributed by atoms with Crippen LogP contribution >= 0.6 is 0 Å². The zero-order valence-corrected chi connectivity index (χ0v) is 10.1. The molecule has 0 fully saturated rings. The second-order valence-corrected chi connectivity index (χ2v) is 4.35. The molecule has 3 aromatic rings. The number of rotatable bonds is 2. The van der Waals surface area contributed by atoms with E-state index in [1.807, 2.05) is 43.4 Å². The quantitative estimate of drug-likeness (QED) is 0.745. The minimum atomic E-state index is -0.649. The first kappa shape index (κ1) is 11.0. The van der Waals surface area contributed by atoms with E-state index in [0.717, 1.165) is 22.0 Å². The standard InChI is InChI=1S/C15H14N2O/c1-17-14(9-10-16-17)15(18)13-8-4-6-11-5-2-3-7-12(11)13/h2-10,15,18H,1H3. The van der Waals surface area contributed by atoms with Gasteiger partial charge in [0.25, 0.3) is 0 Å². The highest BCUT2D eigenvalue weighted by molar-refractivity contribution is 5.86. The molecule has 1 aromatic heterocycles. The first-order valence-electron chi connectivity index (χ1n) is 5.91. The van der Waals surface area contributed by atoms with Crippen molar-refractivity contribution in [2.75, 3.05) is 0 Å². The number of aliphatic hydroxyl groups excluding tert-OH is 1. The monoisotopic (exact) mass is 238 g/mol. The number of aromatic nitrogens is 2. The predicted molar refractivity (Wildman–Crippen MR) is 71.2 cm³/mol. The Bertz CT molecular complexity index is 682. The second-order valence-electron chi connectivity index (χ2n) is 4.35. The minimum Gasteiger partial charge on any atom is -0.382 e. The van der Waals surface area contributed by atoms with E-state index >= 15 is 0 Å². The first-order valence-corrected chi connectivity index (χ1v) is 5.91. The van der Waals surface area contributed by atoms with E-state index in [1.54, 1.807) is 10.9 Å². The molecule has 0 bridgehead atoms. The fourth-order valence-corrected chi connectivity index (χ4v) is 2.30.